The second-order valence-electron chi connectivity index (χ2n) is 5.12. The zero-order chi connectivity index (χ0) is 15.2. The van der Waals surface area contributed by atoms with Gasteiger partial charge in [0.05, 0.1) is 7.11 Å². The number of carbonyl (C=O) groups excluding carboxylic acids is 2. The van der Waals surface area contributed by atoms with E-state index in [1.54, 1.807) is 4.90 Å². The molecule has 0 aliphatic rings. The molecule has 0 fully saturated rings. The molecule has 4 heteroatoms. The summed E-state index contributed by atoms with van der Waals surface area (Å²) in [5.41, 5.74) is 0. The fourth-order valence-corrected chi connectivity index (χ4v) is 2.05. The van der Waals surface area contributed by atoms with Gasteiger partial charge in [-0.3, -0.25) is 9.59 Å². The Morgan fingerprint density at radius 3 is 2.00 bits per heavy atom. The highest BCUT2D eigenvalue weighted by Gasteiger charge is 2.02. The van der Waals surface area contributed by atoms with Gasteiger partial charge in [0.1, 0.15) is 0 Å². The molecule has 116 valence electrons. The molecule has 0 bridgehead atoms. The van der Waals surface area contributed by atoms with Crippen LogP contribution in [0.25, 0.3) is 0 Å². The molecule has 0 saturated heterocycles. The van der Waals surface area contributed by atoms with E-state index in [9.17, 15) is 9.59 Å². The van der Waals surface area contributed by atoms with Crippen molar-refractivity contribution in [1.29, 1.82) is 0 Å². The van der Waals surface area contributed by atoms with Gasteiger partial charge in [0.15, 0.2) is 0 Å². The van der Waals surface area contributed by atoms with E-state index >= 15 is 0 Å². The van der Waals surface area contributed by atoms with Crippen molar-refractivity contribution in [1.82, 2.24) is 4.90 Å². The van der Waals surface area contributed by atoms with Crippen molar-refractivity contribution in [2.45, 2.75) is 57.8 Å². The van der Waals surface area contributed by atoms with Crippen molar-refractivity contribution in [2.75, 3.05) is 20.7 Å². The summed E-state index contributed by atoms with van der Waals surface area (Å²) in [5, 5.41) is 0. The quantitative estimate of drug-likeness (QED) is 0.313. The number of amides is 1. The second kappa shape index (κ2) is 12.7. The molecule has 0 aromatic rings. The SMILES string of the molecule is C=CC(=O)N(C)CCCCCCCCCCC(=O)OC. The molecule has 4 nitrogen and oxygen atoms in total. The maximum absolute atomic E-state index is 11.2. The Balaban J connectivity index is 3.23. The summed E-state index contributed by atoms with van der Waals surface area (Å²) in [6, 6.07) is 0. The van der Waals surface area contributed by atoms with Gasteiger partial charge in [0.2, 0.25) is 5.91 Å². The Morgan fingerprint density at radius 2 is 1.50 bits per heavy atom. The largest absolute Gasteiger partial charge is 0.469 e. The Kier molecular flexibility index (Phi) is 11.9. The third-order valence-corrected chi connectivity index (χ3v) is 3.40. The molecule has 0 aromatic heterocycles. The van der Waals surface area contributed by atoms with Crippen molar-refractivity contribution < 1.29 is 14.3 Å². The Morgan fingerprint density at radius 1 is 1.00 bits per heavy atom. The summed E-state index contributed by atoms with van der Waals surface area (Å²) in [7, 11) is 3.24. The Labute approximate surface area is 123 Å². The fraction of sp³-hybridized carbons (Fsp3) is 0.750. The highest BCUT2D eigenvalue weighted by atomic mass is 16.5. The molecule has 0 aliphatic carbocycles. The third kappa shape index (κ3) is 10.6. The first-order valence-electron chi connectivity index (χ1n) is 7.56. The average molecular weight is 283 g/mol. The molecule has 0 atom stereocenters. The van der Waals surface area contributed by atoms with Crippen LogP contribution >= 0.6 is 0 Å². The van der Waals surface area contributed by atoms with Gasteiger partial charge >= 0.3 is 5.97 Å². The molecular weight excluding hydrogens is 254 g/mol. The van der Waals surface area contributed by atoms with Crippen LogP contribution in [0.4, 0.5) is 0 Å². The highest BCUT2D eigenvalue weighted by molar-refractivity contribution is 5.86. The normalized spacial score (nSPS) is 10.1. The minimum Gasteiger partial charge on any atom is -0.469 e. The monoisotopic (exact) mass is 283 g/mol. The van der Waals surface area contributed by atoms with E-state index in [0.29, 0.717) is 6.42 Å². The van der Waals surface area contributed by atoms with Crippen LogP contribution in [0, 0.1) is 0 Å². The zero-order valence-corrected chi connectivity index (χ0v) is 13.0. The number of carbonyl (C=O) groups is 2. The van der Waals surface area contributed by atoms with Crippen molar-refractivity contribution in [3.8, 4) is 0 Å². The van der Waals surface area contributed by atoms with Crippen LogP contribution in [0.1, 0.15) is 57.8 Å². The third-order valence-electron chi connectivity index (χ3n) is 3.40. The first kappa shape index (κ1) is 18.7. The van der Waals surface area contributed by atoms with Crippen molar-refractivity contribution >= 4 is 11.9 Å². The van der Waals surface area contributed by atoms with Crippen LogP contribution in [0.2, 0.25) is 0 Å². The number of unbranched alkanes of at least 4 members (excludes halogenated alkanes) is 7. The molecule has 20 heavy (non-hydrogen) atoms. The number of ether oxygens (including phenoxy) is 1. The molecule has 1 amide bonds. The predicted octanol–water partition coefficient (Wildman–Crippen LogP) is 3.31. The summed E-state index contributed by atoms with van der Waals surface area (Å²) in [5.74, 6) is -0.112. The molecule has 0 aliphatic heterocycles. The first-order chi connectivity index (χ1) is 9.61. The number of likely N-dealkylation sites (N-methyl/N-ethyl adjacent to an activating group) is 1. The van der Waals surface area contributed by atoms with Gasteiger partial charge in [-0.15, -0.1) is 0 Å². The van der Waals surface area contributed by atoms with Crippen LogP contribution in [0.15, 0.2) is 12.7 Å². The molecule has 0 rings (SSSR count). The molecule has 0 aromatic carbocycles. The lowest BCUT2D eigenvalue weighted by atomic mass is 10.1. The van der Waals surface area contributed by atoms with Gasteiger partial charge < -0.3 is 9.64 Å². The molecule has 0 saturated carbocycles. The lowest BCUT2D eigenvalue weighted by Crippen LogP contribution is -2.25. The number of hydrogen-bond donors (Lipinski definition) is 0. The molecule has 0 spiro atoms. The lowest BCUT2D eigenvalue weighted by molar-refractivity contribution is -0.140. The van der Waals surface area contributed by atoms with E-state index < -0.39 is 0 Å². The maximum Gasteiger partial charge on any atom is 0.305 e. The van der Waals surface area contributed by atoms with Crippen molar-refractivity contribution in [2.24, 2.45) is 0 Å². The van der Waals surface area contributed by atoms with Crippen LogP contribution < -0.4 is 0 Å². The first-order valence-corrected chi connectivity index (χ1v) is 7.56. The van der Waals surface area contributed by atoms with Gasteiger partial charge in [-0.25, -0.2) is 0 Å². The molecule has 0 unspecified atom stereocenters. The van der Waals surface area contributed by atoms with Gasteiger partial charge in [0.25, 0.3) is 0 Å². The van der Waals surface area contributed by atoms with Crippen LogP contribution in [-0.2, 0) is 14.3 Å². The van der Waals surface area contributed by atoms with Crippen molar-refractivity contribution in [3.63, 3.8) is 0 Å². The summed E-state index contributed by atoms with van der Waals surface area (Å²) in [4.78, 5) is 23.8. The number of nitrogens with zero attached hydrogens (tertiary/aromatic N) is 1. The fourth-order valence-electron chi connectivity index (χ4n) is 2.05. The second-order valence-corrected chi connectivity index (χ2v) is 5.12. The minimum absolute atomic E-state index is 0.00407. The van der Waals surface area contributed by atoms with Gasteiger partial charge in [0, 0.05) is 20.0 Å². The Hall–Kier alpha value is -1.32. The number of methoxy groups -OCH3 is 1. The standard InChI is InChI=1S/C16H29NO3/c1-4-15(18)17(2)14-12-10-8-6-5-7-9-11-13-16(19)20-3/h4H,1,5-14H2,2-3H3. The minimum atomic E-state index is -0.108. The van der Waals surface area contributed by atoms with Crippen LogP contribution in [-0.4, -0.2) is 37.5 Å². The van der Waals surface area contributed by atoms with E-state index in [0.717, 1.165) is 32.2 Å². The van der Waals surface area contributed by atoms with E-state index in [-0.39, 0.29) is 11.9 Å². The molecule has 0 N–H and O–H groups in total. The molecule has 0 heterocycles. The number of esters is 1. The van der Waals surface area contributed by atoms with E-state index in [1.807, 2.05) is 7.05 Å². The van der Waals surface area contributed by atoms with Crippen LogP contribution in [0.3, 0.4) is 0 Å². The summed E-state index contributed by atoms with van der Waals surface area (Å²) in [6.07, 6.45) is 11.0. The zero-order valence-electron chi connectivity index (χ0n) is 13.0. The smallest absolute Gasteiger partial charge is 0.305 e. The van der Waals surface area contributed by atoms with Gasteiger partial charge in [-0.05, 0) is 18.9 Å². The van der Waals surface area contributed by atoms with E-state index in [2.05, 4.69) is 11.3 Å². The lowest BCUT2D eigenvalue weighted by Gasteiger charge is -2.14. The van der Waals surface area contributed by atoms with Gasteiger partial charge in [-0.2, -0.15) is 0 Å². The maximum atomic E-state index is 11.2. The van der Waals surface area contributed by atoms with E-state index in [4.69, 9.17) is 0 Å². The molecular formula is C16H29NO3. The van der Waals surface area contributed by atoms with Gasteiger partial charge in [-0.1, -0.05) is 45.1 Å². The topological polar surface area (TPSA) is 46.6 Å². The number of hydrogen-bond acceptors (Lipinski definition) is 3. The molecule has 0 radical (unpaired) electrons. The van der Waals surface area contributed by atoms with Crippen LogP contribution in [0.5, 0.6) is 0 Å². The summed E-state index contributed by atoms with van der Waals surface area (Å²) < 4.78 is 4.59. The average Bonchev–Trinajstić information content (AvgIpc) is 2.47. The van der Waals surface area contributed by atoms with E-state index in [1.165, 1.54) is 38.9 Å². The Bertz CT molecular complexity index is 289. The number of rotatable bonds is 12. The summed E-state index contributed by atoms with van der Waals surface area (Å²) in [6.45, 7) is 4.28. The summed E-state index contributed by atoms with van der Waals surface area (Å²) >= 11 is 0. The highest BCUT2D eigenvalue weighted by Crippen LogP contribution is 2.10. The van der Waals surface area contributed by atoms with Crippen molar-refractivity contribution in [3.05, 3.63) is 12.7 Å². The predicted molar refractivity (Wildman–Crippen MR) is 81.4 cm³/mol.